The van der Waals surface area contributed by atoms with Gasteiger partial charge in [-0.3, -0.25) is 4.57 Å². The quantitative estimate of drug-likeness (QED) is 0.610. The van der Waals surface area contributed by atoms with Gasteiger partial charge < -0.3 is 0 Å². The zero-order valence-electron chi connectivity index (χ0n) is 14.8. The highest BCUT2D eigenvalue weighted by Crippen LogP contribution is 2.25. The molecule has 0 spiro atoms. The summed E-state index contributed by atoms with van der Waals surface area (Å²) in [5.41, 5.74) is 6.53. The number of fused-ring (bicyclic) bond motifs is 1. The Kier molecular flexibility index (Phi) is 4.91. The van der Waals surface area contributed by atoms with E-state index in [2.05, 4.69) is 55.7 Å². The number of halogens is 1. The van der Waals surface area contributed by atoms with Crippen LogP contribution in [0.2, 0.25) is 0 Å². The minimum Gasteiger partial charge on any atom is -0.281 e. The molecule has 2 heterocycles. The molecule has 2 aromatic heterocycles. The summed E-state index contributed by atoms with van der Waals surface area (Å²) in [5, 5.41) is 0. The Morgan fingerprint density at radius 1 is 1.08 bits per heavy atom. The van der Waals surface area contributed by atoms with Crippen LogP contribution in [0.4, 0.5) is 0 Å². The van der Waals surface area contributed by atoms with Gasteiger partial charge in [-0.15, -0.1) is 11.6 Å². The lowest BCUT2D eigenvalue weighted by molar-refractivity contribution is 0.616. The maximum atomic E-state index is 5.85. The van der Waals surface area contributed by atoms with Crippen molar-refractivity contribution in [2.75, 3.05) is 5.88 Å². The first-order valence-corrected chi connectivity index (χ1v) is 9.04. The van der Waals surface area contributed by atoms with Crippen LogP contribution in [0.1, 0.15) is 36.5 Å². The van der Waals surface area contributed by atoms with Gasteiger partial charge in [0.15, 0.2) is 5.65 Å². The SMILES string of the molecule is Cc1cc(C)c2nc(CC(C)C)n(-c3ccc(CCCl)cc3)c2n1. The smallest absolute Gasteiger partial charge is 0.165 e. The van der Waals surface area contributed by atoms with E-state index in [1.54, 1.807) is 0 Å². The summed E-state index contributed by atoms with van der Waals surface area (Å²) in [7, 11) is 0. The fourth-order valence-corrected chi connectivity index (χ4v) is 3.32. The van der Waals surface area contributed by atoms with Crippen molar-refractivity contribution in [3.63, 3.8) is 0 Å². The first-order valence-electron chi connectivity index (χ1n) is 8.50. The van der Waals surface area contributed by atoms with Gasteiger partial charge in [0.05, 0.1) is 0 Å². The molecule has 0 aliphatic rings. The van der Waals surface area contributed by atoms with Crippen molar-refractivity contribution in [2.24, 2.45) is 5.92 Å². The Morgan fingerprint density at radius 2 is 1.79 bits per heavy atom. The summed E-state index contributed by atoms with van der Waals surface area (Å²) >= 11 is 5.85. The van der Waals surface area contributed by atoms with Crippen molar-refractivity contribution in [3.05, 3.63) is 53.0 Å². The Labute approximate surface area is 148 Å². The van der Waals surface area contributed by atoms with Crippen LogP contribution in [0.15, 0.2) is 30.3 Å². The summed E-state index contributed by atoms with van der Waals surface area (Å²) in [6, 6.07) is 10.7. The van der Waals surface area contributed by atoms with E-state index < -0.39 is 0 Å². The fourth-order valence-electron chi connectivity index (χ4n) is 3.10. The second-order valence-electron chi connectivity index (χ2n) is 6.82. The van der Waals surface area contributed by atoms with Crippen LogP contribution < -0.4 is 0 Å². The predicted molar refractivity (Wildman–Crippen MR) is 101 cm³/mol. The molecule has 0 N–H and O–H groups in total. The third kappa shape index (κ3) is 3.32. The Morgan fingerprint density at radius 3 is 2.42 bits per heavy atom. The highest BCUT2D eigenvalue weighted by Gasteiger charge is 2.16. The summed E-state index contributed by atoms with van der Waals surface area (Å²) in [4.78, 5) is 9.69. The highest BCUT2D eigenvalue weighted by atomic mass is 35.5. The van der Waals surface area contributed by atoms with Gasteiger partial charge in [0.2, 0.25) is 0 Å². The molecule has 3 rings (SSSR count). The van der Waals surface area contributed by atoms with E-state index in [0.29, 0.717) is 11.8 Å². The van der Waals surface area contributed by atoms with Gasteiger partial charge in [-0.2, -0.15) is 0 Å². The molecule has 0 unspecified atom stereocenters. The monoisotopic (exact) mass is 341 g/mol. The van der Waals surface area contributed by atoms with Crippen molar-refractivity contribution >= 4 is 22.8 Å². The zero-order valence-corrected chi connectivity index (χ0v) is 15.6. The lowest BCUT2D eigenvalue weighted by Crippen LogP contribution is -2.06. The van der Waals surface area contributed by atoms with Gasteiger partial charge in [0, 0.05) is 23.7 Å². The zero-order chi connectivity index (χ0) is 17.3. The number of imidazole rings is 1. The normalized spacial score (nSPS) is 11.6. The predicted octanol–water partition coefficient (Wildman–Crippen LogP) is 5.02. The molecule has 0 aliphatic carbocycles. The molecule has 1 aromatic carbocycles. The second-order valence-corrected chi connectivity index (χ2v) is 7.20. The van der Waals surface area contributed by atoms with E-state index in [1.165, 1.54) is 11.1 Å². The van der Waals surface area contributed by atoms with E-state index in [9.17, 15) is 0 Å². The Hall–Kier alpha value is -1.87. The molecule has 0 amide bonds. The van der Waals surface area contributed by atoms with Crippen LogP contribution in [0.3, 0.4) is 0 Å². The molecule has 24 heavy (non-hydrogen) atoms. The van der Waals surface area contributed by atoms with E-state index in [0.717, 1.165) is 41.2 Å². The molecule has 126 valence electrons. The number of nitrogens with zero attached hydrogens (tertiary/aromatic N) is 3. The Balaban J connectivity index is 2.19. The van der Waals surface area contributed by atoms with Crippen molar-refractivity contribution in [2.45, 2.75) is 40.5 Å². The van der Waals surface area contributed by atoms with Crippen molar-refractivity contribution < 1.29 is 0 Å². The number of rotatable bonds is 5. The lowest BCUT2D eigenvalue weighted by Gasteiger charge is -2.11. The number of pyridine rings is 1. The topological polar surface area (TPSA) is 30.7 Å². The molecule has 0 aliphatic heterocycles. The maximum absolute atomic E-state index is 5.85. The molecule has 0 saturated carbocycles. The van der Waals surface area contributed by atoms with Gasteiger partial charge >= 0.3 is 0 Å². The minimum absolute atomic E-state index is 0.539. The first kappa shape index (κ1) is 17.0. The average Bonchev–Trinajstić information content (AvgIpc) is 2.86. The molecular formula is C20H24ClN3. The lowest BCUT2D eigenvalue weighted by atomic mass is 10.1. The van der Waals surface area contributed by atoms with Crippen LogP contribution in [0, 0.1) is 19.8 Å². The van der Waals surface area contributed by atoms with Gasteiger partial charge in [-0.1, -0.05) is 26.0 Å². The van der Waals surface area contributed by atoms with Crippen LogP contribution in [-0.2, 0) is 12.8 Å². The van der Waals surface area contributed by atoms with Crippen molar-refractivity contribution in [1.29, 1.82) is 0 Å². The van der Waals surface area contributed by atoms with Crippen molar-refractivity contribution in [3.8, 4) is 5.69 Å². The van der Waals surface area contributed by atoms with Crippen LogP contribution in [0.25, 0.3) is 16.9 Å². The third-order valence-corrected chi connectivity index (χ3v) is 4.36. The molecule has 3 aromatic rings. The van der Waals surface area contributed by atoms with Gasteiger partial charge in [-0.25, -0.2) is 9.97 Å². The number of hydrogen-bond acceptors (Lipinski definition) is 2. The largest absolute Gasteiger partial charge is 0.281 e. The molecule has 0 bridgehead atoms. The van der Waals surface area contributed by atoms with Gasteiger partial charge in [0.1, 0.15) is 11.3 Å². The van der Waals surface area contributed by atoms with Crippen LogP contribution in [0.5, 0.6) is 0 Å². The molecule has 0 fully saturated rings. The van der Waals surface area contributed by atoms with E-state index in [4.69, 9.17) is 21.6 Å². The summed E-state index contributed by atoms with van der Waals surface area (Å²) in [6.45, 7) is 8.59. The average molecular weight is 342 g/mol. The number of hydrogen-bond donors (Lipinski definition) is 0. The van der Waals surface area contributed by atoms with Crippen molar-refractivity contribution in [1.82, 2.24) is 14.5 Å². The van der Waals surface area contributed by atoms with Gasteiger partial charge in [-0.05, 0) is 55.5 Å². The second kappa shape index (κ2) is 6.94. The number of alkyl halides is 1. The van der Waals surface area contributed by atoms with Crippen LogP contribution >= 0.6 is 11.6 Å². The number of benzene rings is 1. The molecule has 3 nitrogen and oxygen atoms in total. The van der Waals surface area contributed by atoms with E-state index >= 15 is 0 Å². The number of aromatic nitrogens is 3. The number of aryl methyl sites for hydroxylation is 3. The summed E-state index contributed by atoms with van der Waals surface area (Å²) in [6.07, 6.45) is 1.82. The molecule has 0 atom stereocenters. The highest BCUT2D eigenvalue weighted by molar-refractivity contribution is 6.17. The summed E-state index contributed by atoms with van der Waals surface area (Å²) < 4.78 is 2.21. The van der Waals surface area contributed by atoms with E-state index in [-0.39, 0.29) is 0 Å². The molecular weight excluding hydrogens is 318 g/mol. The van der Waals surface area contributed by atoms with Crippen LogP contribution in [-0.4, -0.2) is 20.4 Å². The first-order chi connectivity index (χ1) is 11.5. The molecule has 0 saturated heterocycles. The molecule has 0 radical (unpaired) electrons. The minimum atomic E-state index is 0.539. The fraction of sp³-hybridized carbons (Fsp3) is 0.400. The molecule has 4 heteroatoms. The summed E-state index contributed by atoms with van der Waals surface area (Å²) in [5.74, 6) is 2.26. The van der Waals surface area contributed by atoms with E-state index in [1.807, 2.05) is 6.92 Å². The van der Waals surface area contributed by atoms with Gasteiger partial charge in [0.25, 0.3) is 0 Å². The third-order valence-electron chi connectivity index (χ3n) is 4.17. The maximum Gasteiger partial charge on any atom is 0.165 e. The Bertz CT molecular complexity index is 847. The standard InChI is InChI=1S/C20H24ClN3/c1-13(2)11-18-23-19-14(3)12-15(4)22-20(19)24(18)17-7-5-16(6-8-17)9-10-21/h5-8,12-13H,9-11H2,1-4H3.